The highest BCUT2D eigenvalue weighted by Gasteiger charge is 2.18. The first-order valence-corrected chi connectivity index (χ1v) is 9.69. The van der Waals surface area contributed by atoms with Crippen molar-refractivity contribution in [3.63, 3.8) is 0 Å². The van der Waals surface area contributed by atoms with Gasteiger partial charge in [-0.3, -0.25) is 0 Å². The van der Waals surface area contributed by atoms with Crippen molar-refractivity contribution in [3.8, 4) is 11.3 Å². The van der Waals surface area contributed by atoms with Gasteiger partial charge >= 0.3 is 0 Å². The van der Waals surface area contributed by atoms with Crippen molar-refractivity contribution in [3.05, 3.63) is 36.4 Å². The van der Waals surface area contributed by atoms with Crippen LogP contribution in [0.15, 0.2) is 36.4 Å². The number of hydrogen-bond donors (Lipinski definition) is 1. The zero-order chi connectivity index (χ0) is 17.5. The van der Waals surface area contributed by atoms with Crippen molar-refractivity contribution in [2.45, 2.75) is 46.0 Å². The molecule has 3 rings (SSSR count). The van der Waals surface area contributed by atoms with E-state index in [4.69, 9.17) is 9.97 Å². The molecule has 0 atom stereocenters. The Morgan fingerprint density at radius 3 is 2.56 bits per heavy atom. The molecule has 134 valence electrons. The molecule has 1 fully saturated rings. The third-order valence-corrected chi connectivity index (χ3v) is 4.95. The summed E-state index contributed by atoms with van der Waals surface area (Å²) in [6.07, 6.45) is 6.10. The lowest BCUT2D eigenvalue weighted by atomic mass is 9.99. The van der Waals surface area contributed by atoms with Gasteiger partial charge in [-0.2, -0.15) is 4.98 Å². The Kier molecular flexibility index (Phi) is 6.26. The van der Waals surface area contributed by atoms with Gasteiger partial charge in [-0.15, -0.1) is 0 Å². The SMILES string of the molecule is CCCCCNc1nc(-c2ccccc2)cc(N2CCC(C)CC2)n1. The molecule has 0 aliphatic carbocycles. The van der Waals surface area contributed by atoms with Crippen molar-refractivity contribution in [2.24, 2.45) is 5.92 Å². The van der Waals surface area contributed by atoms with E-state index in [0.29, 0.717) is 0 Å². The van der Waals surface area contributed by atoms with E-state index < -0.39 is 0 Å². The Bertz CT molecular complexity index is 648. The normalized spacial score (nSPS) is 15.4. The van der Waals surface area contributed by atoms with Crippen LogP contribution in [0.25, 0.3) is 11.3 Å². The van der Waals surface area contributed by atoms with Gasteiger partial charge in [-0.1, -0.05) is 57.0 Å². The molecule has 1 N–H and O–H groups in total. The van der Waals surface area contributed by atoms with Crippen molar-refractivity contribution in [2.75, 3.05) is 29.9 Å². The first-order chi connectivity index (χ1) is 12.3. The van der Waals surface area contributed by atoms with Gasteiger partial charge in [0.1, 0.15) is 5.82 Å². The van der Waals surface area contributed by atoms with Crippen LogP contribution in [0.4, 0.5) is 11.8 Å². The highest BCUT2D eigenvalue weighted by Crippen LogP contribution is 2.26. The average molecular weight is 338 g/mol. The number of anilines is 2. The second kappa shape index (κ2) is 8.84. The first-order valence-electron chi connectivity index (χ1n) is 9.69. The summed E-state index contributed by atoms with van der Waals surface area (Å²) in [6.45, 7) is 7.67. The van der Waals surface area contributed by atoms with Crippen LogP contribution in [0, 0.1) is 5.92 Å². The monoisotopic (exact) mass is 338 g/mol. The van der Waals surface area contributed by atoms with Crippen molar-refractivity contribution in [1.29, 1.82) is 0 Å². The fraction of sp³-hybridized carbons (Fsp3) is 0.524. The van der Waals surface area contributed by atoms with Crippen LogP contribution < -0.4 is 10.2 Å². The summed E-state index contributed by atoms with van der Waals surface area (Å²) in [5.74, 6) is 2.63. The second-order valence-corrected chi connectivity index (χ2v) is 7.10. The maximum Gasteiger partial charge on any atom is 0.225 e. The number of unbranched alkanes of at least 4 members (excludes halogenated alkanes) is 2. The number of rotatable bonds is 7. The summed E-state index contributed by atoms with van der Waals surface area (Å²) in [6, 6.07) is 12.5. The summed E-state index contributed by atoms with van der Waals surface area (Å²) in [5, 5.41) is 3.43. The van der Waals surface area contributed by atoms with Crippen molar-refractivity contribution >= 4 is 11.8 Å². The van der Waals surface area contributed by atoms with Crippen LogP contribution >= 0.6 is 0 Å². The Labute approximate surface area is 151 Å². The molecule has 1 aliphatic heterocycles. The van der Waals surface area contributed by atoms with Crippen molar-refractivity contribution < 1.29 is 0 Å². The molecule has 0 radical (unpaired) electrons. The predicted molar refractivity (Wildman–Crippen MR) is 106 cm³/mol. The molecular formula is C21H30N4. The van der Waals surface area contributed by atoms with Crippen LogP contribution in [0.2, 0.25) is 0 Å². The molecule has 1 aliphatic rings. The standard InChI is InChI=1S/C21H30N4/c1-3-4-8-13-22-21-23-19(18-9-6-5-7-10-18)16-20(24-21)25-14-11-17(2)12-15-25/h5-7,9-10,16-17H,3-4,8,11-15H2,1-2H3,(H,22,23,24). The summed E-state index contributed by atoms with van der Waals surface area (Å²) in [7, 11) is 0. The molecular weight excluding hydrogens is 308 g/mol. The number of benzene rings is 1. The molecule has 0 amide bonds. The van der Waals surface area contributed by atoms with E-state index in [2.05, 4.69) is 54.4 Å². The fourth-order valence-electron chi connectivity index (χ4n) is 3.25. The van der Waals surface area contributed by atoms with Gasteiger partial charge < -0.3 is 10.2 Å². The van der Waals surface area contributed by atoms with Gasteiger partial charge in [0.25, 0.3) is 0 Å². The Morgan fingerprint density at radius 2 is 1.84 bits per heavy atom. The van der Waals surface area contributed by atoms with Gasteiger partial charge in [0, 0.05) is 31.3 Å². The van der Waals surface area contributed by atoms with Gasteiger partial charge in [0.15, 0.2) is 0 Å². The Hall–Kier alpha value is -2.10. The smallest absolute Gasteiger partial charge is 0.225 e. The first kappa shape index (κ1) is 17.7. The van der Waals surface area contributed by atoms with E-state index in [0.717, 1.165) is 55.0 Å². The highest BCUT2D eigenvalue weighted by molar-refractivity contribution is 5.64. The van der Waals surface area contributed by atoms with E-state index in [1.165, 1.54) is 25.7 Å². The van der Waals surface area contributed by atoms with Gasteiger partial charge in [0.2, 0.25) is 5.95 Å². The lowest BCUT2D eigenvalue weighted by molar-refractivity contribution is 0.436. The quantitative estimate of drug-likeness (QED) is 0.723. The molecule has 2 aromatic rings. The minimum atomic E-state index is 0.756. The van der Waals surface area contributed by atoms with Crippen LogP contribution in [0.3, 0.4) is 0 Å². The Balaban J connectivity index is 1.83. The van der Waals surface area contributed by atoms with Crippen LogP contribution in [0.5, 0.6) is 0 Å². The zero-order valence-corrected chi connectivity index (χ0v) is 15.5. The minimum absolute atomic E-state index is 0.756. The van der Waals surface area contributed by atoms with Crippen LogP contribution in [-0.2, 0) is 0 Å². The number of hydrogen-bond acceptors (Lipinski definition) is 4. The summed E-state index contributed by atoms with van der Waals surface area (Å²) in [4.78, 5) is 12.0. The van der Waals surface area contributed by atoms with E-state index in [1.54, 1.807) is 0 Å². The molecule has 0 spiro atoms. The molecule has 4 heteroatoms. The summed E-state index contributed by atoms with van der Waals surface area (Å²) >= 11 is 0. The molecule has 25 heavy (non-hydrogen) atoms. The number of piperidine rings is 1. The fourth-order valence-corrected chi connectivity index (χ4v) is 3.25. The lowest BCUT2D eigenvalue weighted by Crippen LogP contribution is -2.33. The van der Waals surface area contributed by atoms with Gasteiger partial charge in [0.05, 0.1) is 5.69 Å². The van der Waals surface area contributed by atoms with Gasteiger partial charge in [-0.05, 0) is 25.2 Å². The zero-order valence-electron chi connectivity index (χ0n) is 15.5. The maximum absolute atomic E-state index is 4.81. The molecule has 0 unspecified atom stereocenters. The molecule has 1 saturated heterocycles. The third-order valence-electron chi connectivity index (χ3n) is 4.95. The van der Waals surface area contributed by atoms with Crippen LogP contribution in [0.1, 0.15) is 46.0 Å². The molecule has 2 heterocycles. The highest BCUT2D eigenvalue weighted by atomic mass is 15.2. The Morgan fingerprint density at radius 1 is 1.08 bits per heavy atom. The number of nitrogens with one attached hydrogen (secondary N) is 1. The predicted octanol–water partition coefficient (Wildman–Crippen LogP) is 4.98. The second-order valence-electron chi connectivity index (χ2n) is 7.10. The van der Waals surface area contributed by atoms with E-state index in [-0.39, 0.29) is 0 Å². The molecule has 4 nitrogen and oxygen atoms in total. The van der Waals surface area contributed by atoms with E-state index >= 15 is 0 Å². The van der Waals surface area contributed by atoms with E-state index in [9.17, 15) is 0 Å². The number of aromatic nitrogens is 2. The topological polar surface area (TPSA) is 41.1 Å². The lowest BCUT2D eigenvalue weighted by Gasteiger charge is -2.31. The molecule has 1 aromatic heterocycles. The van der Waals surface area contributed by atoms with Gasteiger partial charge in [-0.25, -0.2) is 4.98 Å². The largest absolute Gasteiger partial charge is 0.356 e. The average Bonchev–Trinajstić information content (AvgIpc) is 2.66. The van der Waals surface area contributed by atoms with Crippen LogP contribution in [-0.4, -0.2) is 29.6 Å². The van der Waals surface area contributed by atoms with Crippen molar-refractivity contribution in [1.82, 2.24) is 9.97 Å². The molecule has 0 bridgehead atoms. The van der Waals surface area contributed by atoms with E-state index in [1.807, 2.05) is 6.07 Å². The third kappa shape index (κ3) is 4.94. The molecule has 1 aromatic carbocycles. The summed E-state index contributed by atoms with van der Waals surface area (Å²) < 4.78 is 0. The molecule has 0 saturated carbocycles. The summed E-state index contributed by atoms with van der Waals surface area (Å²) in [5.41, 5.74) is 2.15. The minimum Gasteiger partial charge on any atom is -0.356 e. The number of nitrogens with zero attached hydrogens (tertiary/aromatic N) is 3. The maximum atomic E-state index is 4.81.